The molecular weight excluding hydrogens is 937 g/mol. The highest BCUT2D eigenvalue weighted by molar-refractivity contribution is 5.71. The maximum Gasteiger partial charge on any atom is 0.306 e. The standard InChI is InChI=1S/C70H120O6/c1-4-7-10-13-16-19-22-25-27-28-29-30-31-32-33-34-35-36-37-38-39-40-41-42-43-46-48-51-54-57-60-63-69(72)75-66-67(65-74-68(71)62-59-56-53-50-47-44-24-21-18-15-12-9-6-3)76-70(73)64-61-58-55-52-49-45-26-23-20-17-14-11-8-5-2/h7,10,16,19,21,23-27,29-30,32-33,35-36,67H,4-6,8-9,11-15,17-18,20,22,28,31,34,37-66H2,1-3H3/b10-7-,19-16-,24-21-,26-23-,27-25-,30-29-,33-32-,36-35-. The summed E-state index contributed by atoms with van der Waals surface area (Å²) in [6, 6.07) is 0. The third kappa shape index (κ3) is 61.2. The van der Waals surface area contributed by atoms with Crippen molar-refractivity contribution in [1.82, 2.24) is 0 Å². The SMILES string of the molecule is CC/C=C\C/C=C\C/C=C\C/C=C\C/C=C\C/C=C\CCCCCCCCCCCCCCC(=O)OCC(COC(=O)CCCCCCC/C=C\CCCCCC)OC(=O)CCCCCCC/C=C\CCCCCCC. The molecule has 0 rings (SSSR count). The van der Waals surface area contributed by atoms with Crippen LogP contribution in [0.3, 0.4) is 0 Å². The molecule has 0 amide bonds. The zero-order valence-electron chi connectivity index (χ0n) is 50.0. The minimum absolute atomic E-state index is 0.0826. The molecule has 0 heterocycles. The van der Waals surface area contributed by atoms with Gasteiger partial charge in [-0.25, -0.2) is 0 Å². The molecule has 0 aromatic carbocycles. The van der Waals surface area contributed by atoms with Crippen molar-refractivity contribution < 1.29 is 28.6 Å². The van der Waals surface area contributed by atoms with Gasteiger partial charge < -0.3 is 14.2 Å². The molecule has 6 nitrogen and oxygen atoms in total. The lowest BCUT2D eigenvalue weighted by molar-refractivity contribution is -0.167. The van der Waals surface area contributed by atoms with Crippen molar-refractivity contribution >= 4 is 17.9 Å². The number of unbranched alkanes of at least 4 members (excludes halogenated alkanes) is 31. The van der Waals surface area contributed by atoms with E-state index in [1.54, 1.807) is 0 Å². The Morgan fingerprint density at radius 3 is 0.829 bits per heavy atom. The Kier molecular flexibility index (Phi) is 60.8. The predicted octanol–water partition coefficient (Wildman–Crippen LogP) is 22.0. The molecule has 436 valence electrons. The molecule has 0 spiro atoms. The summed E-state index contributed by atoms with van der Waals surface area (Å²) in [5.41, 5.74) is 0. The number of carbonyl (C=O) groups excluding carboxylic acids is 3. The number of hydrogen-bond donors (Lipinski definition) is 0. The van der Waals surface area contributed by atoms with Gasteiger partial charge in [-0.15, -0.1) is 0 Å². The Morgan fingerprint density at radius 1 is 0.276 bits per heavy atom. The Bertz CT molecular complexity index is 1490. The van der Waals surface area contributed by atoms with Crippen LogP contribution in [0.25, 0.3) is 0 Å². The van der Waals surface area contributed by atoms with Crippen molar-refractivity contribution in [3.8, 4) is 0 Å². The van der Waals surface area contributed by atoms with E-state index in [1.807, 2.05) is 0 Å². The molecule has 0 aliphatic carbocycles. The first-order valence-electron chi connectivity index (χ1n) is 32.2. The van der Waals surface area contributed by atoms with E-state index in [1.165, 1.54) is 154 Å². The van der Waals surface area contributed by atoms with Crippen LogP contribution < -0.4 is 0 Å². The lowest BCUT2D eigenvalue weighted by atomic mass is 10.0. The summed E-state index contributed by atoms with van der Waals surface area (Å²) in [5.74, 6) is -0.893. The Hall–Kier alpha value is -3.67. The molecule has 0 aliphatic rings. The van der Waals surface area contributed by atoms with E-state index < -0.39 is 6.10 Å². The average Bonchev–Trinajstić information content (AvgIpc) is 3.42. The molecule has 0 saturated carbocycles. The molecule has 0 bridgehead atoms. The van der Waals surface area contributed by atoms with Gasteiger partial charge in [0.2, 0.25) is 0 Å². The Morgan fingerprint density at radius 2 is 0.513 bits per heavy atom. The molecule has 0 fully saturated rings. The fourth-order valence-corrected chi connectivity index (χ4v) is 8.97. The normalized spacial score (nSPS) is 12.7. The van der Waals surface area contributed by atoms with Gasteiger partial charge in [-0.1, -0.05) is 266 Å². The highest BCUT2D eigenvalue weighted by atomic mass is 16.6. The first-order chi connectivity index (χ1) is 37.5. The van der Waals surface area contributed by atoms with E-state index in [2.05, 4.69) is 118 Å². The summed E-state index contributed by atoms with van der Waals surface area (Å²) in [6.07, 6.45) is 85.6. The van der Waals surface area contributed by atoms with Crippen LogP contribution in [0, 0.1) is 0 Å². The minimum Gasteiger partial charge on any atom is -0.462 e. The molecule has 0 saturated heterocycles. The van der Waals surface area contributed by atoms with Gasteiger partial charge in [-0.05, 0) is 122 Å². The molecule has 76 heavy (non-hydrogen) atoms. The molecule has 0 aromatic rings. The number of rotatable bonds is 58. The fraction of sp³-hybridized carbons (Fsp3) is 0.729. The van der Waals surface area contributed by atoms with Crippen molar-refractivity contribution in [2.45, 2.75) is 316 Å². The van der Waals surface area contributed by atoms with Crippen LogP contribution in [0.2, 0.25) is 0 Å². The van der Waals surface area contributed by atoms with Crippen molar-refractivity contribution in [1.29, 1.82) is 0 Å². The third-order valence-electron chi connectivity index (χ3n) is 13.8. The first kappa shape index (κ1) is 72.3. The van der Waals surface area contributed by atoms with Crippen molar-refractivity contribution in [2.24, 2.45) is 0 Å². The van der Waals surface area contributed by atoms with E-state index in [0.717, 1.165) is 116 Å². The number of allylic oxidation sites excluding steroid dienone is 16. The Labute approximate surface area is 470 Å². The fourth-order valence-electron chi connectivity index (χ4n) is 8.97. The lowest BCUT2D eigenvalue weighted by Crippen LogP contribution is -2.30. The lowest BCUT2D eigenvalue weighted by Gasteiger charge is -2.18. The number of esters is 3. The van der Waals surface area contributed by atoms with Gasteiger partial charge in [0, 0.05) is 19.3 Å². The van der Waals surface area contributed by atoms with Crippen LogP contribution in [0.1, 0.15) is 310 Å². The molecule has 0 N–H and O–H groups in total. The maximum atomic E-state index is 12.9. The zero-order valence-corrected chi connectivity index (χ0v) is 50.0. The van der Waals surface area contributed by atoms with Crippen LogP contribution >= 0.6 is 0 Å². The number of hydrogen-bond acceptors (Lipinski definition) is 6. The van der Waals surface area contributed by atoms with Crippen LogP contribution in [-0.4, -0.2) is 37.2 Å². The predicted molar refractivity (Wildman–Crippen MR) is 330 cm³/mol. The van der Waals surface area contributed by atoms with Gasteiger partial charge in [-0.2, -0.15) is 0 Å². The third-order valence-corrected chi connectivity index (χ3v) is 13.8. The van der Waals surface area contributed by atoms with Crippen molar-refractivity contribution in [2.75, 3.05) is 13.2 Å². The summed E-state index contributed by atoms with van der Waals surface area (Å²) in [7, 11) is 0. The van der Waals surface area contributed by atoms with E-state index in [4.69, 9.17) is 14.2 Å². The largest absolute Gasteiger partial charge is 0.462 e. The molecular formula is C70H120O6. The molecule has 1 atom stereocenters. The molecule has 0 radical (unpaired) electrons. The molecule has 0 aromatic heterocycles. The van der Waals surface area contributed by atoms with Gasteiger partial charge in [0.15, 0.2) is 6.10 Å². The smallest absolute Gasteiger partial charge is 0.306 e. The quantitative estimate of drug-likeness (QED) is 0.0261. The van der Waals surface area contributed by atoms with Gasteiger partial charge in [0.25, 0.3) is 0 Å². The highest BCUT2D eigenvalue weighted by Gasteiger charge is 2.19. The summed E-state index contributed by atoms with van der Waals surface area (Å²) in [4.78, 5) is 38.2. The van der Waals surface area contributed by atoms with Gasteiger partial charge in [-0.3, -0.25) is 14.4 Å². The van der Waals surface area contributed by atoms with Crippen LogP contribution in [0.5, 0.6) is 0 Å². The van der Waals surface area contributed by atoms with Crippen LogP contribution in [-0.2, 0) is 28.6 Å². The average molecular weight is 1060 g/mol. The van der Waals surface area contributed by atoms with Gasteiger partial charge in [0.1, 0.15) is 13.2 Å². The maximum absolute atomic E-state index is 12.9. The second kappa shape index (κ2) is 63.9. The van der Waals surface area contributed by atoms with Crippen LogP contribution in [0.15, 0.2) is 97.2 Å². The molecule has 6 heteroatoms. The molecule has 1 unspecified atom stereocenters. The second-order valence-electron chi connectivity index (χ2n) is 21.3. The van der Waals surface area contributed by atoms with Gasteiger partial charge in [0.05, 0.1) is 0 Å². The first-order valence-corrected chi connectivity index (χ1v) is 32.2. The summed E-state index contributed by atoms with van der Waals surface area (Å²) < 4.78 is 16.9. The Balaban J connectivity index is 4.22. The van der Waals surface area contributed by atoms with Crippen LogP contribution in [0.4, 0.5) is 0 Å². The molecule has 0 aliphatic heterocycles. The summed E-state index contributed by atoms with van der Waals surface area (Å²) >= 11 is 0. The highest BCUT2D eigenvalue weighted by Crippen LogP contribution is 2.16. The van der Waals surface area contributed by atoms with Gasteiger partial charge >= 0.3 is 17.9 Å². The van der Waals surface area contributed by atoms with E-state index in [0.29, 0.717) is 19.3 Å². The number of carbonyl (C=O) groups is 3. The zero-order chi connectivity index (χ0) is 55.0. The minimum atomic E-state index is -0.785. The summed E-state index contributed by atoms with van der Waals surface area (Å²) in [6.45, 7) is 6.51. The number of ether oxygens (including phenoxy) is 3. The second-order valence-corrected chi connectivity index (χ2v) is 21.3. The summed E-state index contributed by atoms with van der Waals surface area (Å²) in [5, 5.41) is 0. The van der Waals surface area contributed by atoms with E-state index >= 15 is 0 Å². The van der Waals surface area contributed by atoms with Crippen molar-refractivity contribution in [3.05, 3.63) is 97.2 Å². The van der Waals surface area contributed by atoms with E-state index in [-0.39, 0.29) is 31.1 Å². The van der Waals surface area contributed by atoms with Crippen molar-refractivity contribution in [3.63, 3.8) is 0 Å². The monoisotopic (exact) mass is 1060 g/mol. The topological polar surface area (TPSA) is 78.9 Å². The van der Waals surface area contributed by atoms with E-state index in [9.17, 15) is 14.4 Å².